The fourth-order valence-corrected chi connectivity index (χ4v) is 5.01. The van der Waals surface area contributed by atoms with Gasteiger partial charge in [0.15, 0.2) is 0 Å². The predicted molar refractivity (Wildman–Crippen MR) is 96.3 cm³/mol. The van der Waals surface area contributed by atoms with Crippen molar-refractivity contribution in [2.75, 3.05) is 32.9 Å². The van der Waals surface area contributed by atoms with Crippen LogP contribution in [0.4, 0.5) is 0 Å². The monoisotopic (exact) mass is 372 g/mol. The van der Waals surface area contributed by atoms with Crippen LogP contribution >= 0.6 is 23.7 Å². The van der Waals surface area contributed by atoms with Crippen molar-refractivity contribution in [3.05, 3.63) is 21.4 Å². The van der Waals surface area contributed by atoms with Gasteiger partial charge in [0, 0.05) is 30.6 Å². The number of piperidine rings is 1. The molecule has 3 aliphatic heterocycles. The Morgan fingerprint density at radius 2 is 2.00 bits per heavy atom. The van der Waals surface area contributed by atoms with Crippen molar-refractivity contribution in [1.29, 1.82) is 0 Å². The van der Waals surface area contributed by atoms with E-state index < -0.39 is 0 Å². The highest BCUT2D eigenvalue weighted by molar-refractivity contribution is 7.14. The lowest BCUT2D eigenvalue weighted by molar-refractivity contribution is -0.0792. The van der Waals surface area contributed by atoms with E-state index in [0.717, 1.165) is 69.9 Å². The lowest BCUT2D eigenvalue weighted by atomic mass is 9.83. The molecule has 0 bridgehead atoms. The summed E-state index contributed by atoms with van der Waals surface area (Å²) in [5.74, 6) is 0.0698. The van der Waals surface area contributed by atoms with Crippen LogP contribution in [-0.2, 0) is 21.5 Å². The molecule has 3 aliphatic rings. The van der Waals surface area contributed by atoms with E-state index in [1.54, 1.807) is 11.3 Å². The average molecular weight is 373 g/mol. The Bertz CT molecular complexity index is 580. The van der Waals surface area contributed by atoms with E-state index in [-0.39, 0.29) is 30.0 Å². The molecule has 0 radical (unpaired) electrons. The molecule has 0 aliphatic carbocycles. The number of rotatable bonds is 2. The third-order valence-corrected chi connectivity index (χ3v) is 6.39. The Morgan fingerprint density at radius 3 is 2.75 bits per heavy atom. The molecule has 1 amide bonds. The third kappa shape index (κ3) is 3.48. The highest BCUT2D eigenvalue weighted by Gasteiger charge is 2.40. The minimum Gasteiger partial charge on any atom is -0.381 e. The number of thiophene rings is 1. The number of carbonyl (C=O) groups excluding carboxylic acids is 1. The first-order valence-corrected chi connectivity index (χ1v) is 9.45. The van der Waals surface area contributed by atoms with E-state index in [1.807, 2.05) is 0 Å². The van der Waals surface area contributed by atoms with Crippen LogP contribution in [0.1, 0.15) is 45.8 Å². The summed E-state index contributed by atoms with van der Waals surface area (Å²) in [6, 6.07) is 2.35. The van der Waals surface area contributed by atoms with Gasteiger partial charge in [-0.2, -0.15) is 0 Å². The minimum atomic E-state index is -0.160. The van der Waals surface area contributed by atoms with Gasteiger partial charge in [-0.1, -0.05) is 0 Å². The number of carbonyl (C=O) groups is 1. The quantitative estimate of drug-likeness (QED) is 0.835. The zero-order valence-electron chi connectivity index (χ0n) is 13.8. The predicted octanol–water partition coefficient (Wildman–Crippen LogP) is 2.23. The maximum atomic E-state index is 12.6. The molecule has 24 heavy (non-hydrogen) atoms. The molecule has 0 unspecified atom stereocenters. The third-order valence-electron chi connectivity index (χ3n) is 5.20. The molecule has 4 rings (SSSR count). The molecule has 5 nitrogen and oxygen atoms in total. The van der Waals surface area contributed by atoms with E-state index in [1.165, 1.54) is 10.4 Å². The molecule has 2 fully saturated rings. The second-order valence-corrected chi connectivity index (χ2v) is 7.79. The fourth-order valence-electron chi connectivity index (χ4n) is 3.87. The van der Waals surface area contributed by atoms with E-state index in [2.05, 4.69) is 16.7 Å². The lowest BCUT2D eigenvalue weighted by Crippen LogP contribution is -2.44. The molecule has 2 N–H and O–H groups in total. The van der Waals surface area contributed by atoms with Gasteiger partial charge < -0.3 is 20.1 Å². The Morgan fingerprint density at radius 1 is 1.25 bits per heavy atom. The highest BCUT2D eigenvalue weighted by Crippen LogP contribution is 2.43. The van der Waals surface area contributed by atoms with Crippen LogP contribution in [0, 0.1) is 0 Å². The second kappa shape index (κ2) is 7.70. The molecule has 7 heteroatoms. The van der Waals surface area contributed by atoms with Gasteiger partial charge in [-0.25, -0.2) is 0 Å². The topological polar surface area (TPSA) is 59.6 Å². The number of amides is 1. The van der Waals surface area contributed by atoms with Crippen LogP contribution in [0.3, 0.4) is 0 Å². The molecule has 1 spiro atoms. The van der Waals surface area contributed by atoms with Gasteiger partial charge in [-0.15, -0.1) is 23.7 Å². The number of hydrogen-bond acceptors (Lipinski definition) is 5. The van der Waals surface area contributed by atoms with Crippen LogP contribution in [0.25, 0.3) is 0 Å². The van der Waals surface area contributed by atoms with E-state index >= 15 is 0 Å². The van der Waals surface area contributed by atoms with Gasteiger partial charge in [0.1, 0.15) is 0 Å². The summed E-state index contributed by atoms with van der Waals surface area (Å²) < 4.78 is 11.6. The molecule has 0 saturated carbocycles. The van der Waals surface area contributed by atoms with Crippen LogP contribution in [-0.4, -0.2) is 44.9 Å². The largest absolute Gasteiger partial charge is 0.381 e. The van der Waals surface area contributed by atoms with Gasteiger partial charge in [0.05, 0.1) is 17.1 Å². The number of ether oxygens (including phenoxy) is 2. The zero-order chi connectivity index (χ0) is 15.7. The normalized spacial score (nSPS) is 23.3. The summed E-state index contributed by atoms with van der Waals surface area (Å²) in [7, 11) is 0. The van der Waals surface area contributed by atoms with E-state index in [0.29, 0.717) is 0 Å². The molecule has 0 aromatic carbocycles. The molecule has 2 saturated heterocycles. The van der Waals surface area contributed by atoms with Crippen LogP contribution in [0.2, 0.25) is 0 Å². The molecule has 1 aromatic rings. The van der Waals surface area contributed by atoms with E-state index in [4.69, 9.17) is 9.47 Å². The summed E-state index contributed by atoms with van der Waals surface area (Å²) in [5, 5.41) is 6.58. The van der Waals surface area contributed by atoms with Crippen molar-refractivity contribution in [1.82, 2.24) is 10.6 Å². The van der Waals surface area contributed by atoms with Gasteiger partial charge in [-0.05, 0) is 50.4 Å². The molecular weight excluding hydrogens is 348 g/mol. The Balaban J connectivity index is 0.00000169. The molecule has 4 heterocycles. The summed E-state index contributed by atoms with van der Waals surface area (Å²) in [6.07, 6.45) is 4.75. The SMILES string of the molecule is Cl.O=C(NC1CCOCC1)c1cc2c(s1)CCOC21CCNCC1. The maximum absolute atomic E-state index is 12.6. The number of hydrogen-bond donors (Lipinski definition) is 2. The first-order chi connectivity index (χ1) is 11.3. The average Bonchev–Trinajstić information content (AvgIpc) is 3.03. The lowest BCUT2D eigenvalue weighted by Gasteiger charge is -2.40. The summed E-state index contributed by atoms with van der Waals surface area (Å²) in [4.78, 5) is 14.8. The summed E-state index contributed by atoms with van der Waals surface area (Å²) in [6.45, 7) is 4.23. The van der Waals surface area contributed by atoms with Crippen molar-refractivity contribution < 1.29 is 14.3 Å². The molecule has 1 aromatic heterocycles. The number of halogens is 1. The van der Waals surface area contributed by atoms with Gasteiger partial charge in [0.25, 0.3) is 5.91 Å². The molecular formula is C17H25ClN2O3S. The van der Waals surface area contributed by atoms with Gasteiger partial charge >= 0.3 is 0 Å². The molecule has 134 valence electrons. The number of nitrogens with one attached hydrogen (secondary N) is 2. The van der Waals surface area contributed by atoms with Crippen LogP contribution in [0.15, 0.2) is 6.07 Å². The minimum absolute atomic E-state index is 0. The van der Waals surface area contributed by atoms with Crippen molar-refractivity contribution >= 4 is 29.7 Å². The summed E-state index contributed by atoms with van der Waals surface area (Å²) >= 11 is 1.66. The molecule has 0 atom stereocenters. The van der Waals surface area contributed by atoms with Crippen molar-refractivity contribution in [2.45, 2.75) is 43.7 Å². The standard InChI is InChI=1S/C17H24N2O3S.ClH/c20-16(19-12-1-8-21-9-2-12)15-11-13-14(23-15)3-10-22-17(13)4-6-18-7-5-17;/h11-12,18H,1-10H2,(H,19,20);1H. The Labute approximate surface area is 152 Å². The van der Waals surface area contributed by atoms with Gasteiger partial charge in [0.2, 0.25) is 0 Å². The fraction of sp³-hybridized carbons (Fsp3) is 0.706. The highest BCUT2D eigenvalue weighted by atomic mass is 35.5. The first-order valence-electron chi connectivity index (χ1n) is 8.63. The first kappa shape index (κ1) is 18.1. The van der Waals surface area contributed by atoms with Crippen molar-refractivity contribution in [2.24, 2.45) is 0 Å². The number of fused-ring (bicyclic) bond motifs is 2. The van der Waals surface area contributed by atoms with Crippen LogP contribution in [0.5, 0.6) is 0 Å². The zero-order valence-corrected chi connectivity index (χ0v) is 15.4. The van der Waals surface area contributed by atoms with E-state index in [9.17, 15) is 4.79 Å². The van der Waals surface area contributed by atoms with Crippen molar-refractivity contribution in [3.8, 4) is 0 Å². The Kier molecular flexibility index (Phi) is 5.82. The Hall–Kier alpha value is -0.660. The van der Waals surface area contributed by atoms with Crippen molar-refractivity contribution in [3.63, 3.8) is 0 Å². The van der Waals surface area contributed by atoms with Gasteiger partial charge in [-0.3, -0.25) is 4.79 Å². The smallest absolute Gasteiger partial charge is 0.261 e. The van der Waals surface area contributed by atoms with Crippen LogP contribution < -0.4 is 10.6 Å². The maximum Gasteiger partial charge on any atom is 0.261 e. The summed E-state index contributed by atoms with van der Waals surface area (Å²) in [5.41, 5.74) is 1.11. The second-order valence-electron chi connectivity index (χ2n) is 6.65.